The molecule has 84 heavy (non-hydrogen) atoms. The topological polar surface area (TPSA) is 35.9 Å². The zero-order chi connectivity index (χ0) is 74.7. The number of imidazole rings is 1. The molecule has 4 heterocycles. The Kier molecular flexibility index (Phi) is 7.91. The van der Waals surface area contributed by atoms with Crippen LogP contribution in [0.25, 0.3) is 94.5 Å². The van der Waals surface area contributed by atoms with Crippen LogP contribution in [0.1, 0.15) is 66.2 Å². The van der Waals surface area contributed by atoms with Crippen LogP contribution in [0, 0.1) is 20.0 Å². The third kappa shape index (κ3) is 8.19. The average Bonchev–Trinajstić information content (AvgIpc) is 1.28. The van der Waals surface area contributed by atoms with Gasteiger partial charge < -0.3 is 4.74 Å². The van der Waals surface area contributed by atoms with E-state index in [2.05, 4.69) is 37.7 Å². The number of rotatable bonds is 9. The van der Waals surface area contributed by atoms with E-state index >= 15 is 0 Å². The molecule has 0 unspecified atom stereocenters. The molecule has 0 saturated carbocycles. The molecule has 11 aromatic carbocycles. The molecule has 15 rings (SSSR count). The largest absolute Gasteiger partial charge is 0.458 e. The lowest BCUT2D eigenvalue weighted by Gasteiger charge is -2.35. The van der Waals surface area contributed by atoms with E-state index in [1.54, 1.807) is 69.9 Å². The first-order valence-corrected chi connectivity index (χ1v) is 29.3. The van der Waals surface area contributed by atoms with Gasteiger partial charge in [-0.25, -0.2) is 4.98 Å². The van der Waals surface area contributed by atoms with E-state index in [1.165, 1.54) is 30.3 Å². The Morgan fingerprint density at radius 1 is 0.488 bits per heavy atom. The van der Waals surface area contributed by atoms with Crippen molar-refractivity contribution in [3.05, 3.63) is 296 Å². The van der Waals surface area contributed by atoms with Gasteiger partial charge in [-0.15, -0.1) is 0 Å². The van der Waals surface area contributed by atoms with Gasteiger partial charge in [-0.2, -0.15) is 0 Å². The van der Waals surface area contributed by atoms with Gasteiger partial charge in [0, 0.05) is 31.3 Å². The smallest absolute Gasteiger partial charge is 0.269 e. The van der Waals surface area contributed by atoms with Crippen LogP contribution in [0.3, 0.4) is 0 Å². The Morgan fingerprint density at radius 2 is 1.05 bits per heavy atom. The second kappa shape index (κ2) is 20.1. The molecular weight excluding hydrogens is 1040 g/mol. The van der Waals surface area contributed by atoms with Gasteiger partial charge >= 0.3 is 0 Å². The summed E-state index contributed by atoms with van der Waals surface area (Å²) in [7, 11) is -5.93. The number of fused-ring (bicyclic) bond motifs is 10. The van der Waals surface area contributed by atoms with Crippen LogP contribution < -0.4 is 30.1 Å². The second-order valence-electron chi connectivity index (χ2n) is 21.7. The fourth-order valence-corrected chi connectivity index (χ4v) is 16.0. The number of pyridine rings is 1. The van der Waals surface area contributed by atoms with Crippen molar-refractivity contribution in [2.24, 2.45) is 0 Å². The first-order chi connectivity index (χ1) is 49.8. The van der Waals surface area contributed by atoms with Crippen molar-refractivity contribution in [3.8, 4) is 73.2 Å². The number of hydrogen-bond donors (Lipinski definition) is 0. The highest BCUT2D eigenvalue weighted by molar-refractivity contribution is 7.20. The Bertz CT molecular complexity index is 5790. The van der Waals surface area contributed by atoms with Gasteiger partial charge in [-0.05, 0) is 150 Å². The quantitative estimate of drug-likeness (QED) is 0.0625. The molecule has 0 aliphatic carbocycles. The van der Waals surface area contributed by atoms with Crippen LogP contribution >= 0.6 is 0 Å². The lowest BCUT2D eigenvalue weighted by Crippen LogP contribution is -2.74. The van der Waals surface area contributed by atoms with Crippen molar-refractivity contribution < 1.29 is 38.1 Å². The van der Waals surface area contributed by atoms with Gasteiger partial charge in [-0.1, -0.05) is 233 Å². The maximum Gasteiger partial charge on any atom is 0.269 e. The molecule has 0 radical (unpaired) electrons. The van der Waals surface area contributed by atoms with E-state index in [1.807, 2.05) is 84.9 Å². The molecule has 14 aromatic rings. The fraction of sp³-hybridized carbons (Fsp3) is 0.0769. The molecule has 0 fully saturated rings. The Hall–Kier alpha value is -10.1. The van der Waals surface area contributed by atoms with Gasteiger partial charge in [0.15, 0.2) is 8.07 Å². The molecule has 0 saturated heterocycles. The minimum absolute atomic E-state index is 0.0706. The van der Waals surface area contributed by atoms with Gasteiger partial charge in [-0.3, -0.25) is 13.7 Å². The molecule has 0 spiro atoms. The summed E-state index contributed by atoms with van der Waals surface area (Å²) in [6, 6.07) is 37.2. The highest BCUT2D eigenvalue weighted by atomic mass is 28.3. The summed E-state index contributed by atoms with van der Waals surface area (Å²) in [6.07, 6.45) is 5.42. The van der Waals surface area contributed by atoms with Crippen LogP contribution in [0.4, 0.5) is 0 Å². The zero-order valence-electron chi connectivity index (χ0n) is 66.5. The number of benzene rings is 11. The Labute approximate surface area is 521 Å². The lowest BCUT2D eigenvalue weighted by molar-refractivity contribution is -0.570. The van der Waals surface area contributed by atoms with E-state index < -0.39 is 128 Å². The third-order valence-corrected chi connectivity index (χ3v) is 20.1. The molecular formula is C78H60N4OSi. The molecule has 0 N–H and O–H groups in total. The molecule has 0 bridgehead atoms. The number of hydrogen-bond acceptors (Lipinski definition) is 2. The van der Waals surface area contributed by atoms with Crippen LogP contribution in [-0.2, 0) is 5.41 Å². The highest BCUT2D eigenvalue weighted by Gasteiger charge is 2.43. The van der Waals surface area contributed by atoms with Crippen LogP contribution in [0.15, 0.2) is 273 Å². The number of nitrogens with zero attached hydrogens (tertiary/aromatic N) is 4. The van der Waals surface area contributed by atoms with E-state index in [-0.39, 0.29) is 66.6 Å². The first kappa shape index (κ1) is 33.1. The van der Waals surface area contributed by atoms with Crippen LogP contribution in [-0.4, -0.2) is 22.2 Å². The molecule has 0 atom stereocenters. The van der Waals surface area contributed by atoms with Crippen LogP contribution in [0.2, 0.25) is 0 Å². The number of para-hydroxylation sites is 2. The summed E-state index contributed by atoms with van der Waals surface area (Å²) >= 11 is 0. The molecule has 0 amide bonds. The molecule has 6 heteroatoms. The van der Waals surface area contributed by atoms with Gasteiger partial charge in [0.05, 0.1) is 54.0 Å². The fourth-order valence-electron chi connectivity index (χ4n) is 12.2. The maximum absolute atomic E-state index is 10.1. The van der Waals surface area contributed by atoms with Gasteiger partial charge in [0.1, 0.15) is 17.3 Å². The summed E-state index contributed by atoms with van der Waals surface area (Å²) in [5.41, 5.74) is 5.34. The molecule has 402 valence electrons. The summed E-state index contributed by atoms with van der Waals surface area (Å²) in [4.78, 5) is 4.88. The van der Waals surface area contributed by atoms with Crippen LogP contribution in [0.5, 0.6) is 11.5 Å². The molecule has 3 aromatic heterocycles. The van der Waals surface area contributed by atoms with Crippen molar-refractivity contribution in [2.75, 3.05) is 0 Å². The second-order valence-corrected chi connectivity index (χ2v) is 25.3. The van der Waals surface area contributed by atoms with Crippen molar-refractivity contribution in [1.29, 1.82) is 0 Å². The standard InChI is InChI=1S/C78H60N4OSi/c1-52-24-21-25-53(2)75(52)69-40-23-39-68-64-36-17-15-34-62(64)63-35-16-18-37-65(63)70-49-61(84(58-28-9-6-10-29-58,59-30-11-7-12-31-59)60-32-13-8-14-33-60)50-73-77(70)81(76(68)69)51-80(73)55-26-22-27-56(47-55)83-57-42-43-67-66-38-19-20-41-71(66)82(72(67)48-57)74-46-54(44-45-79-74)78(3,4)5/h6-50H,1-5H3/i1D3,2D3,6D,7D,8D,9D,10D,11D,12D,13D,14D,28D,29D,30D,31D,32D,33D. The normalized spacial score (nSPS) is 16.0. The lowest BCUT2D eigenvalue weighted by atomic mass is 9.87. The third-order valence-electron chi connectivity index (χ3n) is 15.9. The number of aryl methyl sites for hydroxylation is 2. The number of aromatic nitrogens is 4. The minimum atomic E-state index is -5.93. The SMILES string of the molecule is [2H]c1c([2H])c([2H])c([Si](c2cc3c4c(c2)n(-c2cccc(Oc5ccc6c7ccccc7n(-c7cc(C(C)(C)C)ccn7)c6c5)c2)[c-][n+]4-c2c(cccc2-c2c(C([2H])([2H])[2H])cccc2C([2H])([2H])[2H])-c2ccccc2-c2ccccc2-3)(c2c([2H])c([2H])c([2H])c([2H])c2[2H])c2c([2H])c([2H])c([2H])c([2H])c2[2H])c([2H])c1[2H]. The monoisotopic (exact) mass is 1120 g/mol. The van der Waals surface area contributed by atoms with Crippen molar-refractivity contribution >= 4 is 61.7 Å². The van der Waals surface area contributed by atoms with Gasteiger partial charge in [0.2, 0.25) is 0 Å². The zero-order valence-corrected chi connectivity index (χ0v) is 46.5. The van der Waals surface area contributed by atoms with Crippen molar-refractivity contribution in [1.82, 2.24) is 14.1 Å². The Balaban J connectivity index is 1.14. The molecule has 1 aliphatic heterocycles. The minimum Gasteiger partial charge on any atom is -0.458 e. The van der Waals surface area contributed by atoms with Crippen molar-refractivity contribution in [2.45, 2.75) is 39.9 Å². The van der Waals surface area contributed by atoms with E-state index in [0.717, 1.165) is 27.4 Å². The predicted octanol–water partition coefficient (Wildman–Crippen LogP) is 16.3. The van der Waals surface area contributed by atoms with Gasteiger partial charge in [0.25, 0.3) is 6.33 Å². The van der Waals surface area contributed by atoms with E-state index in [0.29, 0.717) is 39.4 Å². The predicted molar refractivity (Wildman–Crippen MR) is 349 cm³/mol. The van der Waals surface area contributed by atoms with Crippen molar-refractivity contribution in [3.63, 3.8) is 0 Å². The van der Waals surface area contributed by atoms with E-state index in [4.69, 9.17) is 22.1 Å². The molecule has 1 aliphatic rings. The summed E-state index contributed by atoms with van der Waals surface area (Å²) < 4.78 is 210. The highest BCUT2D eigenvalue weighted by Crippen LogP contribution is 2.46. The first-order valence-electron chi connectivity index (χ1n) is 37.8. The molecule has 5 nitrogen and oxygen atoms in total. The van der Waals surface area contributed by atoms with E-state index in [9.17, 15) is 16.4 Å². The summed E-state index contributed by atoms with van der Waals surface area (Å²) in [6.45, 7) is 0.545. The number of ether oxygens (including phenoxy) is 1. The Morgan fingerprint density at radius 3 is 1.70 bits per heavy atom. The summed E-state index contributed by atoms with van der Waals surface area (Å²) in [5, 5.41) is -0.488. The maximum atomic E-state index is 10.1. The summed E-state index contributed by atoms with van der Waals surface area (Å²) in [5.74, 6) is 1.34. The average molecular weight is 1120 g/mol.